The minimum absolute atomic E-state index is 0.104. The molecular formula is C11H13NO4S. The van der Waals surface area contributed by atoms with E-state index < -0.39 is 5.97 Å². The summed E-state index contributed by atoms with van der Waals surface area (Å²) in [5.74, 6) is -1.22. The minimum Gasteiger partial charge on any atom is -0.477 e. The van der Waals surface area contributed by atoms with E-state index >= 15 is 0 Å². The Morgan fingerprint density at radius 2 is 2.29 bits per heavy atom. The molecular weight excluding hydrogens is 242 g/mol. The third-order valence-corrected chi connectivity index (χ3v) is 3.62. The molecule has 2 heterocycles. The number of nitrogens with one attached hydrogen (secondary N) is 1. The summed E-state index contributed by atoms with van der Waals surface area (Å²) < 4.78 is 5.32. The van der Waals surface area contributed by atoms with E-state index in [1.54, 1.807) is 6.07 Å². The lowest BCUT2D eigenvalue weighted by Gasteiger charge is -2.06. The lowest BCUT2D eigenvalue weighted by molar-refractivity contribution is -0.119. The van der Waals surface area contributed by atoms with Gasteiger partial charge >= 0.3 is 5.97 Å². The van der Waals surface area contributed by atoms with Crippen molar-refractivity contribution in [3.05, 3.63) is 17.0 Å². The van der Waals surface area contributed by atoms with Gasteiger partial charge in [-0.3, -0.25) is 4.79 Å². The van der Waals surface area contributed by atoms with Gasteiger partial charge in [-0.05, 0) is 25.5 Å². The molecule has 0 aliphatic carbocycles. The van der Waals surface area contributed by atoms with Crippen LogP contribution < -0.4 is 5.32 Å². The normalized spacial score (nSPS) is 23.6. The van der Waals surface area contributed by atoms with Gasteiger partial charge in [-0.2, -0.15) is 0 Å². The number of amides is 1. The van der Waals surface area contributed by atoms with Crippen molar-refractivity contribution in [3.8, 4) is 0 Å². The molecule has 92 valence electrons. The zero-order valence-electron chi connectivity index (χ0n) is 9.30. The molecule has 0 spiro atoms. The second kappa shape index (κ2) is 4.85. The van der Waals surface area contributed by atoms with Crippen molar-refractivity contribution in [3.63, 3.8) is 0 Å². The molecule has 2 rings (SSSR count). The van der Waals surface area contributed by atoms with Crippen molar-refractivity contribution in [2.75, 3.05) is 11.9 Å². The van der Waals surface area contributed by atoms with Crippen LogP contribution in [-0.2, 0) is 9.53 Å². The van der Waals surface area contributed by atoms with E-state index in [-0.39, 0.29) is 22.8 Å². The SMILES string of the molecule is CC1CC(C(=O)Nc2ccc(C(=O)O)s2)CO1. The van der Waals surface area contributed by atoms with Crippen LogP contribution in [0.4, 0.5) is 5.00 Å². The van der Waals surface area contributed by atoms with E-state index in [1.807, 2.05) is 6.92 Å². The van der Waals surface area contributed by atoms with Crippen LogP contribution in [-0.4, -0.2) is 29.7 Å². The minimum atomic E-state index is -0.978. The van der Waals surface area contributed by atoms with Crippen LogP contribution in [0.2, 0.25) is 0 Å². The van der Waals surface area contributed by atoms with E-state index in [2.05, 4.69) is 5.32 Å². The van der Waals surface area contributed by atoms with Crippen LogP contribution in [0.25, 0.3) is 0 Å². The average Bonchev–Trinajstić information content (AvgIpc) is 2.86. The summed E-state index contributed by atoms with van der Waals surface area (Å²) in [6.45, 7) is 2.37. The molecule has 1 amide bonds. The van der Waals surface area contributed by atoms with Crippen molar-refractivity contribution in [2.45, 2.75) is 19.4 Å². The van der Waals surface area contributed by atoms with Crippen molar-refractivity contribution < 1.29 is 19.4 Å². The quantitative estimate of drug-likeness (QED) is 0.863. The molecule has 1 fully saturated rings. The highest BCUT2D eigenvalue weighted by molar-refractivity contribution is 7.18. The molecule has 1 aromatic rings. The topological polar surface area (TPSA) is 75.6 Å². The fourth-order valence-electron chi connectivity index (χ4n) is 1.74. The number of carboxylic acids is 1. The number of rotatable bonds is 3. The lowest BCUT2D eigenvalue weighted by atomic mass is 10.1. The Morgan fingerprint density at radius 3 is 2.82 bits per heavy atom. The molecule has 6 heteroatoms. The van der Waals surface area contributed by atoms with E-state index in [1.165, 1.54) is 6.07 Å². The first kappa shape index (κ1) is 12.1. The van der Waals surface area contributed by atoms with Gasteiger partial charge in [-0.15, -0.1) is 11.3 Å². The Labute approximate surface area is 102 Å². The second-order valence-electron chi connectivity index (χ2n) is 4.03. The van der Waals surface area contributed by atoms with Gasteiger partial charge in [0.2, 0.25) is 5.91 Å². The molecule has 1 aromatic heterocycles. The van der Waals surface area contributed by atoms with Gasteiger partial charge in [-0.1, -0.05) is 0 Å². The fraction of sp³-hybridized carbons (Fsp3) is 0.455. The van der Waals surface area contributed by atoms with E-state index in [4.69, 9.17) is 9.84 Å². The Hall–Kier alpha value is -1.40. The number of carbonyl (C=O) groups excluding carboxylic acids is 1. The van der Waals surface area contributed by atoms with Gasteiger partial charge in [0.05, 0.1) is 23.6 Å². The van der Waals surface area contributed by atoms with E-state index in [0.717, 1.165) is 11.3 Å². The van der Waals surface area contributed by atoms with Crippen LogP contribution in [0.5, 0.6) is 0 Å². The smallest absolute Gasteiger partial charge is 0.345 e. The number of thiophene rings is 1. The number of carboxylic acid groups (broad SMARTS) is 1. The maximum absolute atomic E-state index is 11.8. The first-order chi connectivity index (χ1) is 8.06. The Bertz CT molecular complexity index is 442. The van der Waals surface area contributed by atoms with Gasteiger partial charge in [-0.25, -0.2) is 4.79 Å². The maximum Gasteiger partial charge on any atom is 0.345 e. The fourth-order valence-corrected chi connectivity index (χ4v) is 2.49. The highest BCUT2D eigenvalue weighted by Gasteiger charge is 2.28. The molecule has 2 N–H and O–H groups in total. The molecule has 1 aliphatic heterocycles. The number of hydrogen-bond acceptors (Lipinski definition) is 4. The van der Waals surface area contributed by atoms with Crippen molar-refractivity contribution in [1.82, 2.24) is 0 Å². The van der Waals surface area contributed by atoms with Gasteiger partial charge < -0.3 is 15.2 Å². The van der Waals surface area contributed by atoms with Crippen LogP contribution in [0.1, 0.15) is 23.0 Å². The van der Waals surface area contributed by atoms with Crippen molar-refractivity contribution in [2.24, 2.45) is 5.92 Å². The van der Waals surface area contributed by atoms with Crippen LogP contribution in [0.15, 0.2) is 12.1 Å². The standard InChI is InChI=1S/C11H13NO4S/c1-6-4-7(5-16-6)10(13)12-9-3-2-8(17-9)11(14)15/h2-3,6-7H,4-5H2,1H3,(H,12,13)(H,14,15). The Kier molecular flexibility index (Phi) is 3.44. The monoisotopic (exact) mass is 255 g/mol. The maximum atomic E-state index is 11.8. The zero-order valence-corrected chi connectivity index (χ0v) is 10.1. The molecule has 1 aliphatic rings. The first-order valence-electron chi connectivity index (χ1n) is 5.32. The first-order valence-corrected chi connectivity index (χ1v) is 6.13. The van der Waals surface area contributed by atoms with Gasteiger partial charge in [0.15, 0.2) is 0 Å². The molecule has 0 aromatic carbocycles. The molecule has 0 radical (unpaired) electrons. The summed E-state index contributed by atoms with van der Waals surface area (Å²) in [6.07, 6.45) is 0.826. The summed E-state index contributed by atoms with van der Waals surface area (Å²) in [6, 6.07) is 3.08. The van der Waals surface area contributed by atoms with Crippen LogP contribution in [0, 0.1) is 5.92 Å². The molecule has 17 heavy (non-hydrogen) atoms. The third kappa shape index (κ3) is 2.83. The van der Waals surface area contributed by atoms with Crippen molar-refractivity contribution >= 4 is 28.2 Å². The number of ether oxygens (including phenoxy) is 1. The van der Waals surface area contributed by atoms with Gasteiger partial charge in [0.1, 0.15) is 4.88 Å². The third-order valence-electron chi connectivity index (χ3n) is 2.63. The summed E-state index contributed by atoms with van der Waals surface area (Å²) >= 11 is 1.06. The number of anilines is 1. The van der Waals surface area contributed by atoms with Crippen LogP contribution >= 0.6 is 11.3 Å². The second-order valence-corrected chi connectivity index (χ2v) is 5.12. The van der Waals surface area contributed by atoms with Crippen LogP contribution in [0.3, 0.4) is 0 Å². The molecule has 5 nitrogen and oxygen atoms in total. The highest BCUT2D eigenvalue weighted by Crippen LogP contribution is 2.25. The molecule has 2 atom stereocenters. The number of carbonyl (C=O) groups is 2. The van der Waals surface area contributed by atoms with E-state index in [0.29, 0.717) is 18.0 Å². The largest absolute Gasteiger partial charge is 0.477 e. The molecule has 0 saturated carbocycles. The highest BCUT2D eigenvalue weighted by atomic mass is 32.1. The molecule has 1 saturated heterocycles. The lowest BCUT2D eigenvalue weighted by Crippen LogP contribution is -2.22. The average molecular weight is 255 g/mol. The number of aromatic carboxylic acids is 1. The van der Waals surface area contributed by atoms with Crippen molar-refractivity contribution in [1.29, 1.82) is 0 Å². The summed E-state index contributed by atoms with van der Waals surface area (Å²) in [5, 5.41) is 12.0. The Morgan fingerprint density at radius 1 is 1.53 bits per heavy atom. The molecule has 0 bridgehead atoms. The summed E-state index contributed by atoms with van der Waals surface area (Å²) in [4.78, 5) is 22.7. The zero-order chi connectivity index (χ0) is 12.4. The van der Waals surface area contributed by atoms with E-state index in [9.17, 15) is 9.59 Å². The summed E-state index contributed by atoms with van der Waals surface area (Å²) in [5.41, 5.74) is 0. The molecule has 2 unspecified atom stereocenters. The Balaban J connectivity index is 1.96. The van der Waals surface area contributed by atoms with Gasteiger partial charge in [0.25, 0.3) is 0 Å². The summed E-state index contributed by atoms with van der Waals surface area (Å²) in [7, 11) is 0. The number of hydrogen-bond donors (Lipinski definition) is 2. The van der Waals surface area contributed by atoms with Gasteiger partial charge in [0, 0.05) is 0 Å². The predicted molar refractivity (Wildman–Crippen MR) is 63.4 cm³/mol. The predicted octanol–water partition coefficient (Wildman–Crippen LogP) is 1.81.